The molecule has 0 saturated carbocycles. The van der Waals surface area contributed by atoms with E-state index >= 15 is 4.39 Å². The summed E-state index contributed by atoms with van der Waals surface area (Å²) in [5.74, 6) is -0.398. The predicted octanol–water partition coefficient (Wildman–Crippen LogP) is 5.67. The molecule has 5 nitrogen and oxygen atoms in total. The minimum Gasteiger partial charge on any atom is -0.356 e. The van der Waals surface area contributed by atoms with E-state index in [1.54, 1.807) is 6.07 Å². The van der Waals surface area contributed by atoms with Gasteiger partial charge in [-0.2, -0.15) is 0 Å². The lowest BCUT2D eigenvalue weighted by Gasteiger charge is -2.26. The molecule has 2 aromatic heterocycles. The van der Waals surface area contributed by atoms with E-state index in [1.807, 2.05) is 76.2 Å². The molecule has 0 aliphatic rings. The molecule has 166 valence electrons. The summed E-state index contributed by atoms with van der Waals surface area (Å²) >= 11 is 0. The van der Waals surface area contributed by atoms with Gasteiger partial charge in [-0.1, -0.05) is 35.5 Å². The Bertz CT molecular complexity index is 1280. The number of aromatic nitrogens is 2. The molecule has 2 aromatic carbocycles. The first-order valence-electron chi connectivity index (χ1n) is 10.5. The maximum atomic E-state index is 15.4. The van der Waals surface area contributed by atoms with Crippen LogP contribution in [0.1, 0.15) is 43.8 Å². The second kappa shape index (κ2) is 8.92. The number of fused-ring (bicyclic) bond motifs is 1. The standard InChI is InChI=1S/C25H26FN3O2S/c1-16-9-7-10-17(27-16)15-21(29-32(30)25(2,3)4)23-19(12-8-13-20(23)26)24-18-11-5-6-14-22(18)31-28-24/h5-14,21,29H,15H2,1-4H3/t21-,32-/m0/s1. The van der Waals surface area contributed by atoms with Crippen molar-refractivity contribution in [3.05, 3.63) is 83.4 Å². The molecule has 0 unspecified atom stereocenters. The van der Waals surface area contributed by atoms with Crippen LogP contribution in [0.5, 0.6) is 0 Å². The molecule has 0 aliphatic carbocycles. The smallest absolute Gasteiger partial charge is 0.167 e. The van der Waals surface area contributed by atoms with Gasteiger partial charge in [-0.25, -0.2) is 13.3 Å². The lowest BCUT2D eigenvalue weighted by Crippen LogP contribution is -2.37. The number of rotatable bonds is 6. The highest BCUT2D eigenvalue weighted by atomic mass is 32.2. The highest BCUT2D eigenvalue weighted by molar-refractivity contribution is 7.84. The summed E-state index contributed by atoms with van der Waals surface area (Å²) in [6.45, 7) is 7.55. The van der Waals surface area contributed by atoms with Gasteiger partial charge in [0.15, 0.2) is 5.58 Å². The van der Waals surface area contributed by atoms with E-state index in [-0.39, 0.29) is 0 Å². The monoisotopic (exact) mass is 451 g/mol. The van der Waals surface area contributed by atoms with Crippen LogP contribution >= 0.6 is 0 Å². The van der Waals surface area contributed by atoms with E-state index in [0.717, 1.165) is 16.8 Å². The lowest BCUT2D eigenvalue weighted by atomic mass is 9.93. The number of halogens is 1. The molecular formula is C25H26FN3O2S. The lowest BCUT2D eigenvalue weighted by molar-refractivity contribution is 0.459. The highest BCUT2D eigenvalue weighted by Crippen LogP contribution is 2.36. The van der Waals surface area contributed by atoms with Crippen LogP contribution in [0.15, 0.2) is 65.2 Å². The summed E-state index contributed by atoms with van der Waals surface area (Å²) in [5.41, 5.74) is 3.84. The normalized spacial score (nSPS) is 13.9. The summed E-state index contributed by atoms with van der Waals surface area (Å²) in [5, 5.41) is 5.03. The fraction of sp³-hybridized carbons (Fsp3) is 0.280. The zero-order valence-corrected chi connectivity index (χ0v) is 19.4. The minimum atomic E-state index is -1.43. The van der Waals surface area contributed by atoms with E-state index in [2.05, 4.69) is 14.9 Å². The van der Waals surface area contributed by atoms with Crippen LogP contribution in [0, 0.1) is 12.7 Å². The number of nitrogens with zero attached hydrogens (tertiary/aromatic N) is 2. The number of para-hydroxylation sites is 1. The summed E-state index contributed by atoms with van der Waals surface area (Å²) in [4.78, 5) is 4.58. The van der Waals surface area contributed by atoms with Crippen molar-refractivity contribution in [1.82, 2.24) is 14.9 Å². The van der Waals surface area contributed by atoms with Crippen LogP contribution in [0.4, 0.5) is 4.39 Å². The number of pyridine rings is 1. The molecule has 4 rings (SSSR count). The Kier molecular flexibility index (Phi) is 6.22. The first-order valence-corrected chi connectivity index (χ1v) is 11.6. The Labute approximate surface area is 189 Å². The van der Waals surface area contributed by atoms with E-state index < -0.39 is 27.6 Å². The second-order valence-electron chi connectivity index (χ2n) is 8.75. The molecule has 0 aliphatic heterocycles. The summed E-state index contributed by atoms with van der Waals surface area (Å²) in [6.07, 6.45) is 0.368. The van der Waals surface area contributed by atoms with Crippen molar-refractivity contribution < 1.29 is 13.1 Å². The van der Waals surface area contributed by atoms with Crippen molar-refractivity contribution in [2.75, 3.05) is 0 Å². The van der Waals surface area contributed by atoms with Crippen molar-refractivity contribution in [2.24, 2.45) is 0 Å². The Hall–Kier alpha value is -2.90. The molecule has 0 amide bonds. The van der Waals surface area contributed by atoms with Crippen LogP contribution in [-0.2, 0) is 17.4 Å². The molecule has 4 aromatic rings. The van der Waals surface area contributed by atoms with E-state index in [0.29, 0.717) is 28.8 Å². The molecule has 0 spiro atoms. The molecule has 0 fully saturated rings. The maximum absolute atomic E-state index is 15.4. The Balaban J connectivity index is 1.86. The Morgan fingerprint density at radius 1 is 1.06 bits per heavy atom. The van der Waals surface area contributed by atoms with Gasteiger partial charge in [-0.05, 0) is 58.0 Å². The third-order valence-corrected chi connectivity index (χ3v) is 6.81. The molecule has 1 N–H and O–H groups in total. The molecule has 32 heavy (non-hydrogen) atoms. The number of benzene rings is 2. The van der Waals surface area contributed by atoms with Crippen molar-refractivity contribution in [1.29, 1.82) is 0 Å². The van der Waals surface area contributed by atoms with Crippen LogP contribution in [-0.4, -0.2) is 19.1 Å². The molecule has 7 heteroatoms. The van der Waals surface area contributed by atoms with Crippen LogP contribution in [0.3, 0.4) is 0 Å². The summed E-state index contributed by atoms with van der Waals surface area (Å²) in [7, 11) is -1.43. The number of hydrogen-bond acceptors (Lipinski definition) is 4. The zero-order valence-electron chi connectivity index (χ0n) is 18.6. The third-order valence-electron chi connectivity index (χ3n) is 5.20. The quantitative estimate of drug-likeness (QED) is 0.410. The van der Waals surface area contributed by atoms with Gasteiger partial charge in [-0.15, -0.1) is 0 Å². The fourth-order valence-electron chi connectivity index (χ4n) is 3.61. The third kappa shape index (κ3) is 4.64. The highest BCUT2D eigenvalue weighted by Gasteiger charge is 2.29. The number of aryl methyl sites for hydroxylation is 1. The summed E-state index contributed by atoms with van der Waals surface area (Å²) < 4.78 is 36.6. The fourth-order valence-corrected chi connectivity index (χ4v) is 4.42. The van der Waals surface area contributed by atoms with Crippen molar-refractivity contribution in [3.8, 4) is 11.3 Å². The van der Waals surface area contributed by atoms with E-state index in [1.165, 1.54) is 6.07 Å². The van der Waals surface area contributed by atoms with Gasteiger partial charge in [0.25, 0.3) is 0 Å². The van der Waals surface area contributed by atoms with Crippen molar-refractivity contribution >= 4 is 22.0 Å². The molecule has 0 radical (unpaired) electrons. The summed E-state index contributed by atoms with van der Waals surface area (Å²) in [6, 6.07) is 17.5. The average Bonchev–Trinajstić information content (AvgIpc) is 3.16. The Morgan fingerprint density at radius 2 is 1.81 bits per heavy atom. The van der Waals surface area contributed by atoms with Gasteiger partial charge in [0.1, 0.15) is 11.5 Å². The molecule has 2 heterocycles. The van der Waals surface area contributed by atoms with Crippen molar-refractivity contribution in [2.45, 2.75) is 44.9 Å². The van der Waals surface area contributed by atoms with Gasteiger partial charge < -0.3 is 4.52 Å². The van der Waals surface area contributed by atoms with Gasteiger partial charge in [-0.3, -0.25) is 4.98 Å². The minimum absolute atomic E-state index is 0.368. The topological polar surface area (TPSA) is 68.0 Å². The van der Waals surface area contributed by atoms with Gasteiger partial charge >= 0.3 is 0 Å². The molecular weight excluding hydrogens is 425 g/mol. The first-order chi connectivity index (χ1) is 15.2. The largest absolute Gasteiger partial charge is 0.356 e. The van der Waals surface area contributed by atoms with Crippen LogP contribution < -0.4 is 4.72 Å². The first kappa shape index (κ1) is 22.3. The van der Waals surface area contributed by atoms with Crippen LogP contribution in [0.2, 0.25) is 0 Å². The predicted molar refractivity (Wildman–Crippen MR) is 126 cm³/mol. The van der Waals surface area contributed by atoms with Crippen molar-refractivity contribution in [3.63, 3.8) is 0 Å². The van der Waals surface area contributed by atoms with E-state index in [9.17, 15) is 4.21 Å². The zero-order chi connectivity index (χ0) is 22.9. The van der Waals surface area contributed by atoms with Gasteiger partial charge in [0.2, 0.25) is 0 Å². The van der Waals surface area contributed by atoms with E-state index in [4.69, 9.17) is 4.52 Å². The average molecular weight is 452 g/mol. The molecule has 0 bridgehead atoms. The Morgan fingerprint density at radius 3 is 2.56 bits per heavy atom. The second-order valence-corrected chi connectivity index (χ2v) is 10.8. The molecule has 2 atom stereocenters. The van der Waals surface area contributed by atoms with Gasteiger partial charge in [0.05, 0.1) is 21.8 Å². The molecule has 0 saturated heterocycles. The van der Waals surface area contributed by atoms with Crippen LogP contribution in [0.25, 0.3) is 22.2 Å². The maximum Gasteiger partial charge on any atom is 0.167 e. The van der Waals surface area contributed by atoms with Gasteiger partial charge in [0, 0.05) is 34.3 Å². The SMILES string of the molecule is Cc1cccc(C[C@H](N[S@@](=O)C(C)(C)C)c2c(F)cccc2-c2noc3ccccc23)n1. The number of nitrogens with one attached hydrogen (secondary N) is 1. The number of hydrogen-bond donors (Lipinski definition) is 1.